The zero-order chi connectivity index (χ0) is 18.4. The standard InChI is InChI=1S/C24H34N2O/c1-17-4-7-19-13-21-24-9-8-22(16-27-24,25(2)3)15-23(24,20(19)12-17)10-11-26(21)14-18-5-6-18/h4,7,12,18,21H,5-6,8-11,13-16H2,1-3H3/t21-,22?,23-,24-/m1/s1. The Morgan fingerprint density at radius 2 is 2.04 bits per heavy atom. The molecule has 0 amide bonds. The number of hydrogen-bond donors (Lipinski definition) is 0. The Balaban J connectivity index is 1.52. The van der Waals surface area contributed by atoms with E-state index in [4.69, 9.17) is 4.74 Å². The Hall–Kier alpha value is -0.900. The highest BCUT2D eigenvalue weighted by molar-refractivity contribution is 5.48. The molecule has 1 unspecified atom stereocenters. The van der Waals surface area contributed by atoms with Crippen molar-refractivity contribution in [2.24, 2.45) is 5.92 Å². The fraction of sp³-hybridized carbons (Fsp3) is 0.750. The van der Waals surface area contributed by atoms with E-state index >= 15 is 0 Å². The van der Waals surface area contributed by atoms with Gasteiger partial charge in [-0.05, 0) is 89.6 Å². The summed E-state index contributed by atoms with van der Waals surface area (Å²) in [6.45, 7) is 5.77. The lowest BCUT2D eigenvalue weighted by molar-refractivity contribution is -0.277. The van der Waals surface area contributed by atoms with Crippen LogP contribution in [0.3, 0.4) is 0 Å². The van der Waals surface area contributed by atoms with Crippen LogP contribution in [0.1, 0.15) is 55.2 Å². The molecule has 5 fully saturated rings. The fourth-order valence-corrected chi connectivity index (χ4v) is 7.36. The maximum absolute atomic E-state index is 7.04. The SMILES string of the molecule is Cc1ccc2c(c1)[C@]13CCN(CC4CC4)[C@H](C2)[C@]12CCC(N(C)C)(CO2)C3. The largest absolute Gasteiger partial charge is 0.370 e. The number of rotatable bonds is 3. The maximum atomic E-state index is 7.04. The zero-order valence-corrected chi connectivity index (χ0v) is 17.3. The van der Waals surface area contributed by atoms with Gasteiger partial charge in [-0.3, -0.25) is 4.90 Å². The van der Waals surface area contributed by atoms with E-state index in [-0.39, 0.29) is 16.6 Å². The number of likely N-dealkylation sites (tertiary alicyclic amines) is 1. The van der Waals surface area contributed by atoms with E-state index in [2.05, 4.69) is 49.0 Å². The topological polar surface area (TPSA) is 15.7 Å². The molecule has 1 aromatic carbocycles. The summed E-state index contributed by atoms with van der Waals surface area (Å²) in [5.74, 6) is 0.960. The van der Waals surface area contributed by atoms with Crippen LogP contribution in [0.4, 0.5) is 0 Å². The van der Waals surface area contributed by atoms with Crippen LogP contribution >= 0.6 is 0 Å². The minimum absolute atomic E-state index is 0.0543. The molecule has 1 aromatic rings. The molecule has 2 saturated carbocycles. The van der Waals surface area contributed by atoms with Crippen LogP contribution in [0.5, 0.6) is 0 Å². The summed E-state index contributed by atoms with van der Waals surface area (Å²) >= 11 is 0. The number of aryl methyl sites for hydroxylation is 1. The Labute approximate surface area is 164 Å². The molecule has 0 aromatic heterocycles. The minimum atomic E-state index is 0.0543. The van der Waals surface area contributed by atoms with E-state index in [1.54, 1.807) is 11.1 Å². The summed E-state index contributed by atoms with van der Waals surface area (Å²) < 4.78 is 7.04. The molecule has 1 spiro atoms. The van der Waals surface area contributed by atoms with Gasteiger partial charge in [0.05, 0.1) is 12.2 Å². The lowest BCUT2D eigenvalue weighted by Gasteiger charge is -2.72. The number of hydrogen-bond acceptors (Lipinski definition) is 3. The average Bonchev–Trinajstić information content (AvgIpc) is 3.48. The van der Waals surface area contributed by atoms with E-state index < -0.39 is 0 Å². The Morgan fingerprint density at radius 1 is 1.19 bits per heavy atom. The summed E-state index contributed by atoms with van der Waals surface area (Å²) in [7, 11) is 4.55. The highest BCUT2D eigenvalue weighted by Gasteiger charge is 2.71. The number of piperidine rings is 1. The van der Waals surface area contributed by atoms with Gasteiger partial charge in [0.2, 0.25) is 0 Å². The Bertz CT molecular complexity index is 775. The van der Waals surface area contributed by atoms with Gasteiger partial charge in [-0.1, -0.05) is 23.8 Å². The predicted molar refractivity (Wildman–Crippen MR) is 108 cm³/mol. The van der Waals surface area contributed by atoms with Crippen molar-refractivity contribution in [3.63, 3.8) is 0 Å². The van der Waals surface area contributed by atoms with E-state index in [9.17, 15) is 0 Å². The molecule has 4 atom stereocenters. The van der Waals surface area contributed by atoms with Gasteiger partial charge in [-0.25, -0.2) is 0 Å². The van der Waals surface area contributed by atoms with Gasteiger partial charge in [0, 0.05) is 23.5 Å². The summed E-state index contributed by atoms with van der Waals surface area (Å²) in [6, 6.07) is 7.88. The van der Waals surface area contributed by atoms with Crippen LogP contribution in [0.25, 0.3) is 0 Å². The van der Waals surface area contributed by atoms with Gasteiger partial charge in [-0.2, -0.15) is 0 Å². The van der Waals surface area contributed by atoms with Crippen molar-refractivity contribution in [2.75, 3.05) is 33.8 Å². The molecule has 3 nitrogen and oxygen atoms in total. The highest BCUT2D eigenvalue weighted by atomic mass is 16.5. The quantitative estimate of drug-likeness (QED) is 0.814. The lowest BCUT2D eigenvalue weighted by atomic mass is 9.45. The van der Waals surface area contributed by atoms with Gasteiger partial charge in [0.1, 0.15) is 0 Å². The van der Waals surface area contributed by atoms with Crippen LogP contribution in [-0.2, 0) is 16.6 Å². The molecule has 3 aliphatic heterocycles. The minimum Gasteiger partial charge on any atom is -0.370 e. The summed E-state index contributed by atoms with van der Waals surface area (Å²) in [4.78, 5) is 5.34. The molecule has 3 heteroatoms. The number of ether oxygens (including phenoxy) is 1. The third-order valence-electron chi connectivity index (χ3n) is 9.14. The second-order valence-corrected chi connectivity index (χ2v) is 10.6. The van der Waals surface area contributed by atoms with Crippen molar-refractivity contribution in [3.05, 3.63) is 34.9 Å². The molecule has 146 valence electrons. The normalized spacial score (nSPS) is 42.9. The molecule has 3 saturated heterocycles. The molecule has 3 aliphatic carbocycles. The zero-order valence-electron chi connectivity index (χ0n) is 17.3. The third kappa shape index (κ3) is 2.09. The highest BCUT2D eigenvalue weighted by Crippen LogP contribution is 2.65. The first-order valence-electron chi connectivity index (χ1n) is 11.1. The van der Waals surface area contributed by atoms with Crippen molar-refractivity contribution >= 4 is 0 Å². The lowest BCUT2D eigenvalue weighted by Crippen LogP contribution is -2.81. The summed E-state index contributed by atoms with van der Waals surface area (Å²) in [5.41, 5.74) is 5.18. The van der Waals surface area contributed by atoms with Crippen LogP contribution in [-0.4, -0.2) is 60.8 Å². The summed E-state index contributed by atoms with van der Waals surface area (Å²) in [6.07, 6.45) is 9.20. The number of nitrogens with zero attached hydrogens (tertiary/aromatic N) is 2. The molecule has 4 bridgehead atoms. The van der Waals surface area contributed by atoms with Gasteiger partial charge >= 0.3 is 0 Å². The van der Waals surface area contributed by atoms with E-state index in [1.165, 1.54) is 63.6 Å². The number of fused-ring (bicyclic) bond motifs is 3. The molecule has 3 heterocycles. The first-order valence-corrected chi connectivity index (χ1v) is 11.1. The monoisotopic (exact) mass is 366 g/mol. The van der Waals surface area contributed by atoms with E-state index in [0.29, 0.717) is 6.04 Å². The second-order valence-electron chi connectivity index (χ2n) is 10.6. The van der Waals surface area contributed by atoms with Crippen LogP contribution in [0.15, 0.2) is 18.2 Å². The van der Waals surface area contributed by atoms with Crippen molar-refractivity contribution in [3.8, 4) is 0 Å². The van der Waals surface area contributed by atoms with Crippen LogP contribution in [0.2, 0.25) is 0 Å². The van der Waals surface area contributed by atoms with Gasteiger partial charge in [-0.15, -0.1) is 0 Å². The Morgan fingerprint density at radius 3 is 2.74 bits per heavy atom. The fourth-order valence-electron chi connectivity index (χ4n) is 7.36. The third-order valence-corrected chi connectivity index (χ3v) is 9.14. The Kier molecular flexibility index (Phi) is 3.38. The molecular weight excluding hydrogens is 332 g/mol. The molecule has 0 N–H and O–H groups in total. The van der Waals surface area contributed by atoms with Gasteiger partial charge < -0.3 is 9.64 Å². The molecule has 0 radical (unpaired) electrons. The second kappa shape index (κ2) is 5.37. The predicted octanol–water partition coefficient (Wildman–Crippen LogP) is 3.53. The van der Waals surface area contributed by atoms with Crippen molar-refractivity contribution in [1.82, 2.24) is 9.80 Å². The van der Waals surface area contributed by atoms with Gasteiger partial charge in [0.25, 0.3) is 0 Å². The van der Waals surface area contributed by atoms with E-state index in [0.717, 1.165) is 12.5 Å². The van der Waals surface area contributed by atoms with E-state index in [1.807, 2.05) is 0 Å². The average molecular weight is 367 g/mol. The molecule has 6 aliphatic rings. The van der Waals surface area contributed by atoms with Crippen LogP contribution in [0, 0.1) is 12.8 Å². The first kappa shape index (κ1) is 17.0. The first-order chi connectivity index (χ1) is 13.0. The number of benzene rings is 1. The molecule has 7 rings (SSSR count). The van der Waals surface area contributed by atoms with Crippen molar-refractivity contribution in [1.29, 1.82) is 0 Å². The smallest absolute Gasteiger partial charge is 0.0938 e. The maximum Gasteiger partial charge on any atom is 0.0938 e. The summed E-state index contributed by atoms with van der Waals surface area (Å²) in [5, 5.41) is 0. The molecular formula is C24H34N2O. The number of likely N-dealkylation sites (N-methyl/N-ethyl adjacent to an activating group) is 1. The van der Waals surface area contributed by atoms with Crippen molar-refractivity contribution < 1.29 is 4.74 Å². The van der Waals surface area contributed by atoms with Gasteiger partial charge in [0.15, 0.2) is 0 Å². The van der Waals surface area contributed by atoms with Crippen molar-refractivity contribution in [2.45, 2.75) is 74.5 Å². The molecule has 27 heavy (non-hydrogen) atoms. The van der Waals surface area contributed by atoms with Crippen LogP contribution < -0.4 is 0 Å².